The maximum absolute atomic E-state index is 5.80. The van der Waals surface area contributed by atoms with Gasteiger partial charge in [0.2, 0.25) is 0 Å². The quantitative estimate of drug-likeness (QED) is 0.0572. The molecule has 0 fully saturated rings. The van der Waals surface area contributed by atoms with Crippen LogP contribution in [0.2, 0.25) is 0 Å². The Morgan fingerprint density at radius 3 is 1.11 bits per heavy atom. The molecule has 4 unspecified atom stereocenters. The average molecular weight is 934 g/mol. The van der Waals surface area contributed by atoms with Crippen LogP contribution in [0.4, 0.5) is 11.4 Å². The Morgan fingerprint density at radius 2 is 0.738 bits per heavy atom. The topological polar surface area (TPSA) is 58.7 Å². The van der Waals surface area contributed by atoms with E-state index in [1.54, 1.807) is 0 Å². The largest absolute Gasteiger partial charge is 0.759 e. The number of hydrogen-bond acceptors (Lipinski definition) is 6. The molecule has 0 saturated carbocycles. The third-order valence-electron chi connectivity index (χ3n) is 11.1. The monoisotopic (exact) mass is 932 g/mol. The van der Waals surface area contributed by atoms with Gasteiger partial charge in [0.25, 0.3) is 0 Å². The molecule has 9 heteroatoms. The van der Waals surface area contributed by atoms with E-state index in [0.717, 1.165) is 59.5 Å². The zero-order chi connectivity index (χ0) is 41.8. The van der Waals surface area contributed by atoms with Crippen LogP contribution in [0.1, 0.15) is 51.2 Å². The molecule has 8 aromatic rings. The number of hydrogen-bond donors (Lipinski definition) is 2. The van der Waals surface area contributed by atoms with E-state index >= 15 is 0 Å². The van der Waals surface area contributed by atoms with Gasteiger partial charge in [0.05, 0.1) is 0 Å². The molecular weight excluding hydrogens is 879 g/mol. The fraction of sp³-hybridized carbons (Fsp3) is 0.231. The van der Waals surface area contributed by atoms with Gasteiger partial charge >= 0.3 is 0 Å². The van der Waals surface area contributed by atoms with E-state index in [4.69, 9.17) is 35.9 Å². The first-order valence-corrected chi connectivity index (χ1v) is 22.0. The van der Waals surface area contributed by atoms with Gasteiger partial charge in [-0.15, -0.1) is 11.4 Å². The number of rotatable bonds is 16. The van der Waals surface area contributed by atoms with Crippen LogP contribution < -0.4 is 10.6 Å². The third kappa shape index (κ3) is 11.6. The van der Waals surface area contributed by atoms with Crippen molar-refractivity contribution in [2.24, 2.45) is 0 Å². The number of nitrogens with zero attached hydrogens (tertiary/aromatic N) is 4. The summed E-state index contributed by atoms with van der Waals surface area (Å²) in [5.41, 5.74) is 3.78. The normalized spacial score (nSPS) is 13.4. The van der Waals surface area contributed by atoms with Gasteiger partial charge < -0.3 is 56.3 Å². The van der Waals surface area contributed by atoms with Crippen LogP contribution in [-0.4, -0.2) is 47.0 Å². The molecule has 2 N–H and O–H groups in total. The molecule has 0 bridgehead atoms. The molecule has 61 heavy (non-hydrogen) atoms. The van der Waals surface area contributed by atoms with Gasteiger partial charge in [-0.05, 0) is 92.7 Å². The van der Waals surface area contributed by atoms with Crippen molar-refractivity contribution < 1.29 is 20.4 Å². The Labute approximate surface area is 387 Å². The zero-order valence-corrected chi connectivity index (χ0v) is 38.4. The molecule has 0 spiro atoms. The maximum Gasteiger partial charge on any atom is 0 e. The van der Waals surface area contributed by atoms with Gasteiger partial charge in [0, 0.05) is 20.4 Å². The molecule has 0 aromatic heterocycles. The Hall–Kier alpha value is -4.40. The summed E-state index contributed by atoms with van der Waals surface area (Å²) in [6, 6.07) is 59.2. The summed E-state index contributed by atoms with van der Waals surface area (Å²) in [7, 11) is 0. The van der Waals surface area contributed by atoms with E-state index in [0.29, 0.717) is 0 Å². The van der Waals surface area contributed by atoms with Gasteiger partial charge in [-0.1, -0.05) is 209 Å². The maximum atomic E-state index is 5.80. The first-order chi connectivity index (χ1) is 29.4. The second-order valence-electron chi connectivity index (χ2n) is 14.8. The molecule has 8 rings (SSSR count). The molecule has 0 aliphatic heterocycles. The zero-order valence-electron chi connectivity index (χ0n) is 35.2. The molecule has 318 valence electrons. The van der Waals surface area contributed by atoms with Gasteiger partial charge in [0.1, 0.15) is 0 Å². The molecule has 0 aliphatic carbocycles. The van der Waals surface area contributed by atoms with Crippen LogP contribution in [-0.2, 0) is 45.7 Å². The summed E-state index contributed by atoms with van der Waals surface area (Å²) in [5.74, 6) is 0. The molecule has 0 radical (unpaired) electrons. The summed E-state index contributed by atoms with van der Waals surface area (Å²) in [6.45, 7) is 12.1. The summed E-state index contributed by atoms with van der Waals surface area (Å²) in [5, 5.41) is 27.0. The van der Waals surface area contributed by atoms with Crippen molar-refractivity contribution in [1.82, 2.24) is 20.4 Å². The minimum atomic E-state index is -0.233. The first kappa shape index (κ1) is 46.1. The summed E-state index contributed by atoms with van der Waals surface area (Å²) >= 11 is 11.6. The van der Waals surface area contributed by atoms with E-state index in [9.17, 15) is 0 Å². The van der Waals surface area contributed by atoms with E-state index < -0.39 is 0 Å². The van der Waals surface area contributed by atoms with Crippen molar-refractivity contribution in [2.45, 2.75) is 51.0 Å². The minimum absolute atomic E-state index is 0. The van der Waals surface area contributed by atoms with E-state index in [2.05, 4.69) is 218 Å². The van der Waals surface area contributed by atoms with Crippen LogP contribution in [0.25, 0.3) is 53.7 Å². The van der Waals surface area contributed by atoms with Crippen LogP contribution in [0, 0.1) is 0 Å². The SMILES string of the molecule is CCN(CC)C([S-])NC([N-]c1cccc2ccccc12)c1ccc2ccccc2c1.CCN(CC)C([S-])NC([N-]c1cccc2ccccc12)c1ccc2ccccc2c1.[Pd]. The molecule has 4 atom stereocenters. The van der Waals surface area contributed by atoms with Gasteiger partial charge in [0.15, 0.2) is 0 Å². The van der Waals surface area contributed by atoms with E-state index in [1.165, 1.54) is 32.3 Å². The summed E-state index contributed by atoms with van der Waals surface area (Å²) in [4.78, 5) is 4.45. The van der Waals surface area contributed by atoms with E-state index in [1.807, 2.05) is 0 Å². The second-order valence-corrected chi connectivity index (χ2v) is 15.6. The molecule has 0 saturated heterocycles. The smallest absolute Gasteiger partial charge is 0 e. The predicted molar refractivity (Wildman–Crippen MR) is 262 cm³/mol. The van der Waals surface area contributed by atoms with Crippen molar-refractivity contribution >= 4 is 79.7 Å². The van der Waals surface area contributed by atoms with Crippen LogP contribution >= 0.6 is 0 Å². The average Bonchev–Trinajstić information content (AvgIpc) is 3.29. The van der Waals surface area contributed by atoms with Crippen molar-refractivity contribution in [2.75, 3.05) is 26.2 Å². The number of nitrogens with one attached hydrogen (secondary N) is 2. The summed E-state index contributed by atoms with van der Waals surface area (Å²) in [6.07, 6.45) is -0.466. The Kier molecular flexibility index (Phi) is 17.1. The first-order valence-electron chi connectivity index (χ1n) is 21.1. The fourth-order valence-electron chi connectivity index (χ4n) is 7.68. The second kappa shape index (κ2) is 22.6. The minimum Gasteiger partial charge on any atom is -0.759 e. The molecule has 6 nitrogen and oxygen atoms in total. The molecule has 0 amide bonds. The van der Waals surface area contributed by atoms with Crippen LogP contribution in [0.5, 0.6) is 0 Å². The van der Waals surface area contributed by atoms with Crippen LogP contribution in [0.15, 0.2) is 170 Å². The molecule has 0 aliphatic rings. The van der Waals surface area contributed by atoms with E-state index in [-0.39, 0.29) is 43.7 Å². The standard InChI is InChI=1S/2C26H28N3S.Pd/c2*1-3-29(4-2)26(30)28-25(22-17-16-19-10-5-6-12-21(19)18-22)27-24-15-9-13-20-11-7-8-14-23(20)24;/h2*5-18,25-26,28,30H,3-4H2,1-2H3;/q2*-1;/p-2. The molecule has 8 aromatic carbocycles. The Balaban J connectivity index is 0.000000201. The van der Waals surface area contributed by atoms with Crippen molar-refractivity contribution in [3.63, 3.8) is 0 Å². The molecule has 0 heterocycles. The van der Waals surface area contributed by atoms with Crippen molar-refractivity contribution in [3.05, 3.63) is 192 Å². The summed E-state index contributed by atoms with van der Waals surface area (Å²) < 4.78 is 0. The number of fused-ring (bicyclic) bond motifs is 4. The van der Waals surface area contributed by atoms with Gasteiger partial charge in [-0.3, -0.25) is 0 Å². The van der Waals surface area contributed by atoms with Crippen molar-refractivity contribution in [1.29, 1.82) is 0 Å². The number of benzene rings is 8. The fourth-order valence-corrected chi connectivity index (χ4v) is 8.54. The Morgan fingerprint density at radius 1 is 0.410 bits per heavy atom. The molecular formula is C52H54N6PdS2-4. The van der Waals surface area contributed by atoms with Gasteiger partial charge in [-0.25, -0.2) is 0 Å². The Bertz CT molecular complexity index is 2420. The third-order valence-corrected chi connectivity index (χ3v) is 12.0. The van der Waals surface area contributed by atoms with Crippen molar-refractivity contribution in [3.8, 4) is 0 Å². The van der Waals surface area contributed by atoms with Gasteiger partial charge in [-0.2, -0.15) is 0 Å². The van der Waals surface area contributed by atoms with Crippen LogP contribution in [0.3, 0.4) is 0 Å². The predicted octanol–water partition coefficient (Wildman–Crippen LogP) is 12.9.